The molecule has 0 radical (unpaired) electrons. The van der Waals surface area contributed by atoms with Crippen molar-refractivity contribution < 1.29 is 28.8 Å². The van der Waals surface area contributed by atoms with E-state index in [0.29, 0.717) is 31.6 Å². The summed E-state index contributed by atoms with van der Waals surface area (Å²) in [5, 5.41) is 9.40. The molecule has 176 valence electrons. The van der Waals surface area contributed by atoms with Gasteiger partial charge in [0.2, 0.25) is 0 Å². The monoisotopic (exact) mass is 429 g/mol. The molecule has 2 rings (SSSR count). The number of ether oxygens (including phenoxy) is 4. The fourth-order valence-electron chi connectivity index (χ4n) is 4.39. The maximum absolute atomic E-state index is 12.8. The zero-order chi connectivity index (χ0) is 22.1. The normalized spacial score (nSPS) is 28.9. The van der Waals surface area contributed by atoms with Crippen molar-refractivity contribution >= 4 is 6.09 Å². The van der Waals surface area contributed by atoms with Gasteiger partial charge in [-0.15, -0.1) is 0 Å². The number of rotatable bonds is 9. The van der Waals surface area contributed by atoms with Crippen molar-refractivity contribution in [3.63, 3.8) is 0 Å². The minimum Gasteiger partial charge on any atom is -0.444 e. The first kappa shape index (κ1) is 25.4. The molecular formula is C23H43NO6. The Bertz CT molecular complexity index is 500. The Balaban J connectivity index is 1.96. The zero-order valence-corrected chi connectivity index (χ0v) is 19.6. The summed E-state index contributed by atoms with van der Waals surface area (Å²) in [7, 11) is 0. The van der Waals surface area contributed by atoms with Crippen LogP contribution in [0.25, 0.3) is 0 Å². The Labute approximate surface area is 182 Å². The predicted octanol–water partition coefficient (Wildman–Crippen LogP) is 3.97. The number of aliphatic hydroxyl groups excluding tert-OH is 1. The first-order valence-corrected chi connectivity index (χ1v) is 11.7. The van der Waals surface area contributed by atoms with Crippen LogP contribution in [0, 0.1) is 11.8 Å². The second kappa shape index (κ2) is 12.2. The van der Waals surface area contributed by atoms with Crippen LogP contribution in [0.15, 0.2) is 0 Å². The highest BCUT2D eigenvalue weighted by molar-refractivity contribution is 5.68. The quantitative estimate of drug-likeness (QED) is 0.441. The first-order chi connectivity index (χ1) is 14.2. The van der Waals surface area contributed by atoms with Crippen LogP contribution in [-0.4, -0.2) is 73.1 Å². The van der Waals surface area contributed by atoms with Crippen LogP contribution in [0.4, 0.5) is 4.79 Å². The van der Waals surface area contributed by atoms with E-state index < -0.39 is 5.60 Å². The van der Waals surface area contributed by atoms with E-state index in [1.165, 1.54) is 0 Å². The van der Waals surface area contributed by atoms with Crippen LogP contribution < -0.4 is 0 Å². The Hall–Kier alpha value is -0.890. The third-order valence-electron chi connectivity index (χ3n) is 6.23. The number of carbonyl (C=O) groups excluding carboxylic acids is 1. The van der Waals surface area contributed by atoms with E-state index >= 15 is 0 Å². The molecule has 1 N–H and O–H groups in total. The lowest BCUT2D eigenvalue weighted by Gasteiger charge is -2.42. The molecule has 3 unspecified atom stereocenters. The Kier molecular flexibility index (Phi) is 10.3. The smallest absolute Gasteiger partial charge is 0.410 e. The maximum atomic E-state index is 12.8. The summed E-state index contributed by atoms with van der Waals surface area (Å²) >= 11 is 0. The van der Waals surface area contributed by atoms with Crippen LogP contribution in [-0.2, 0) is 18.9 Å². The van der Waals surface area contributed by atoms with Gasteiger partial charge in [0.05, 0.1) is 24.9 Å². The summed E-state index contributed by atoms with van der Waals surface area (Å²) in [5.74, 6) is 0.924. The highest BCUT2D eigenvalue weighted by Crippen LogP contribution is 2.32. The molecule has 0 aromatic heterocycles. The van der Waals surface area contributed by atoms with Crippen molar-refractivity contribution in [2.24, 2.45) is 11.8 Å². The molecule has 1 heterocycles. The molecule has 1 saturated carbocycles. The van der Waals surface area contributed by atoms with Gasteiger partial charge in [-0.25, -0.2) is 4.79 Å². The van der Waals surface area contributed by atoms with Crippen LogP contribution in [0.3, 0.4) is 0 Å². The summed E-state index contributed by atoms with van der Waals surface area (Å²) in [6.07, 6.45) is 5.68. The molecule has 30 heavy (non-hydrogen) atoms. The van der Waals surface area contributed by atoms with E-state index in [9.17, 15) is 9.90 Å². The number of nitrogens with zero attached hydrogens (tertiary/aromatic N) is 1. The summed E-state index contributed by atoms with van der Waals surface area (Å²) in [6, 6.07) is -0.178. The van der Waals surface area contributed by atoms with Gasteiger partial charge in [0, 0.05) is 19.8 Å². The fourth-order valence-corrected chi connectivity index (χ4v) is 4.39. The van der Waals surface area contributed by atoms with Gasteiger partial charge in [-0.05, 0) is 78.1 Å². The molecule has 1 aliphatic heterocycles. The molecule has 1 amide bonds. The number of aliphatic hydroxyl groups is 1. The number of amides is 1. The van der Waals surface area contributed by atoms with E-state index in [2.05, 4.69) is 6.92 Å². The van der Waals surface area contributed by atoms with Gasteiger partial charge in [-0.3, -0.25) is 0 Å². The molecule has 0 aromatic rings. The van der Waals surface area contributed by atoms with Gasteiger partial charge in [-0.2, -0.15) is 0 Å². The van der Waals surface area contributed by atoms with Gasteiger partial charge in [0.25, 0.3) is 0 Å². The molecule has 1 saturated heterocycles. The molecule has 3 atom stereocenters. The topological polar surface area (TPSA) is 77.5 Å². The molecule has 7 nitrogen and oxygen atoms in total. The van der Waals surface area contributed by atoms with Crippen molar-refractivity contribution in [3.05, 3.63) is 0 Å². The highest BCUT2D eigenvalue weighted by Gasteiger charge is 2.38. The Morgan fingerprint density at radius 1 is 1.13 bits per heavy atom. The van der Waals surface area contributed by atoms with Crippen molar-refractivity contribution in [3.8, 4) is 0 Å². The molecule has 0 spiro atoms. The molecule has 2 aliphatic rings. The van der Waals surface area contributed by atoms with Crippen molar-refractivity contribution in [2.45, 2.75) is 97.0 Å². The summed E-state index contributed by atoms with van der Waals surface area (Å²) < 4.78 is 23.3. The number of hydrogen-bond donors (Lipinski definition) is 1. The van der Waals surface area contributed by atoms with E-state index in [-0.39, 0.29) is 37.7 Å². The van der Waals surface area contributed by atoms with E-state index in [1.54, 1.807) is 4.90 Å². The zero-order valence-electron chi connectivity index (χ0n) is 19.6. The third-order valence-corrected chi connectivity index (χ3v) is 6.23. The van der Waals surface area contributed by atoms with Gasteiger partial charge in [-0.1, -0.05) is 6.92 Å². The Morgan fingerprint density at radius 2 is 1.83 bits per heavy atom. The molecule has 1 aliphatic carbocycles. The average Bonchev–Trinajstić information content (AvgIpc) is 2.71. The number of hydrogen-bond acceptors (Lipinski definition) is 6. The average molecular weight is 430 g/mol. The lowest BCUT2D eigenvalue weighted by molar-refractivity contribution is -0.139. The second-order valence-electron chi connectivity index (χ2n) is 9.73. The summed E-state index contributed by atoms with van der Waals surface area (Å²) in [4.78, 5) is 14.6. The lowest BCUT2D eigenvalue weighted by Crippen LogP contribution is -2.55. The Morgan fingerprint density at radius 3 is 2.43 bits per heavy atom. The number of piperidine rings is 1. The van der Waals surface area contributed by atoms with Gasteiger partial charge in [0.1, 0.15) is 12.4 Å². The first-order valence-electron chi connectivity index (χ1n) is 11.7. The van der Waals surface area contributed by atoms with Gasteiger partial charge < -0.3 is 29.0 Å². The molecular weight excluding hydrogens is 386 g/mol. The summed E-state index contributed by atoms with van der Waals surface area (Å²) in [5.41, 5.74) is -0.538. The van der Waals surface area contributed by atoms with Crippen molar-refractivity contribution in [1.29, 1.82) is 0 Å². The maximum Gasteiger partial charge on any atom is 0.410 e. The second-order valence-corrected chi connectivity index (χ2v) is 9.73. The van der Waals surface area contributed by atoms with Gasteiger partial charge in [0.15, 0.2) is 0 Å². The minimum atomic E-state index is -0.538. The largest absolute Gasteiger partial charge is 0.444 e. The third kappa shape index (κ3) is 7.98. The van der Waals surface area contributed by atoms with E-state index in [0.717, 1.165) is 38.5 Å². The van der Waals surface area contributed by atoms with Crippen LogP contribution in [0.1, 0.15) is 73.1 Å². The summed E-state index contributed by atoms with van der Waals surface area (Å²) in [6.45, 7) is 11.9. The van der Waals surface area contributed by atoms with Crippen LogP contribution in [0.5, 0.6) is 0 Å². The minimum absolute atomic E-state index is 0.122. The van der Waals surface area contributed by atoms with Crippen molar-refractivity contribution in [2.75, 3.05) is 33.2 Å². The van der Waals surface area contributed by atoms with E-state index in [4.69, 9.17) is 18.9 Å². The molecule has 0 aromatic carbocycles. The van der Waals surface area contributed by atoms with Crippen LogP contribution in [0.2, 0.25) is 0 Å². The molecule has 2 fully saturated rings. The number of likely N-dealkylation sites (tertiary alicyclic amines) is 1. The fraction of sp³-hybridized carbons (Fsp3) is 0.957. The van der Waals surface area contributed by atoms with Gasteiger partial charge >= 0.3 is 6.09 Å². The standard InChI is InChI=1S/C23H43NO6/c1-6-27-16-29-21-8-7-13-24(22(26)30-23(3,4)5)20(21)15-28-19-11-9-18(10-12-19)17(2)14-25/h17-21,25H,6-16H2,1-5H3. The van der Waals surface area contributed by atoms with E-state index in [1.807, 2.05) is 27.7 Å². The highest BCUT2D eigenvalue weighted by atomic mass is 16.7. The number of carbonyl (C=O) groups is 1. The molecule has 0 bridgehead atoms. The predicted molar refractivity (Wildman–Crippen MR) is 115 cm³/mol. The van der Waals surface area contributed by atoms with Crippen LogP contribution >= 0.6 is 0 Å². The lowest BCUT2D eigenvalue weighted by atomic mass is 9.80. The molecule has 7 heteroatoms. The SMILES string of the molecule is CCOCOC1CCCN(C(=O)OC(C)(C)C)C1COC1CCC(C(C)CO)CC1. The van der Waals surface area contributed by atoms with Crippen molar-refractivity contribution in [1.82, 2.24) is 4.90 Å².